The zero-order valence-electron chi connectivity index (χ0n) is 14.1. The summed E-state index contributed by atoms with van der Waals surface area (Å²) in [6.07, 6.45) is -3.80. The van der Waals surface area contributed by atoms with Crippen molar-refractivity contribution >= 4 is 17.6 Å². The van der Waals surface area contributed by atoms with Crippen LogP contribution in [0, 0.1) is 12.8 Å². The number of halogens is 3. The molecule has 2 N–H and O–H groups in total. The Morgan fingerprint density at radius 1 is 1.27 bits per heavy atom. The van der Waals surface area contributed by atoms with E-state index in [-0.39, 0.29) is 36.9 Å². The summed E-state index contributed by atoms with van der Waals surface area (Å²) in [6.45, 7) is 2.74. The van der Waals surface area contributed by atoms with Gasteiger partial charge in [0.2, 0.25) is 5.95 Å². The summed E-state index contributed by atoms with van der Waals surface area (Å²) in [7, 11) is 1.70. The van der Waals surface area contributed by atoms with E-state index in [4.69, 9.17) is 9.47 Å². The molecule has 0 aromatic carbocycles. The number of aryl methyl sites for hydroxylation is 2. The third-order valence-corrected chi connectivity index (χ3v) is 4.45. The zero-order valence-corrected chi connectivity index (χ0v) is 14.1. The van der Waals surface area contributed by atoms with Crippen molar-refractivity contribution in [2.45, 2.75) is 19.1 Å². The summed E-state index contributed by atoms with van der Waals surface area (Å²) in [5, 5.41) is 10.1. The minimum absolute atomic E-state index is 0.0192. The van der Waals surface area contributed by atoms with Crippen molar-refractivity contribution < 1.29 is 22.6 Å². The first kappa shape index (κ1) is 16.9. The molecule has 4 rings (SSSR count). The average molecular weight is 370 g/mol. The first-order valence-corrected chi connectivity index (χ1v) is 8.05. The Morgan fingerprint density at radius 2 is 2.08 bits per heavy atom. The van der Waals surface area contributed by atoms with Crippen LogP contribution in [0.1, 0.15) is 11.3 Å². The second kappa shape index (κ2) is 6.01. The summed E-state index contributed by atoms with van der Waals surface area (Å²) in [5.74, 6) is 0.610. The maximum Gasteiger partial charge on any atom is 0.421 e. The van der Waals surface area contributed by atoms with Gasteiger partial charge in [0.25, 0.3) is 0 Å². The molecule has 0 amide bonds. The highest BCUT2D eigenvalue weighted by atomic mass is 19.4. The summed E-state index contributed by atoms with van der Waals surface area (Å²) < 4.78 is 52.9. The van der Waals surface area contributed by atoms with Crippen LogP contribution in [0.5, 0.6) is 5.75 Å². The minimum atomic E-state index is -4.57. The molecule has 2 aliphatic heterocycles. The van der Waals surface area contributed by atoms with Crippen molar-refractivity contribution in [1.29, 1.82) is 0 Å². The van der Waals surface area contributed by atoms with Crippen LogP contribution < -0.4 is 15.4 Å². The Morgan fingerprint density at radius 3 is 2.85 bits per heavy atom. The minimum Gasteiger partial charge on any atom is -0.487 e. The van der Waals surface area contributed by atoms with Crippen LogP contribution in [0.25, 0.3) is 0 Å². The van der Waals surface area contributed by atoms with E-state index in [1.807, 2.05) is 0 Å². The monoisotopic (exact) mass is 370 g/mol. The van der Waals surface area contributed by atoms with Crippen LogP contribution in [0.3, 0.4) is 0 Å². The summed E-state index contributed by atoms with van der Waals surface area (Å²) in [4.78, 5) is 7.85. The molecule has 0 radical (unpaired) electrons. The van der Waals surface area contributed by atoms with E-state index in [1.54, 1.807) is 18.7 Å². The number of anilines is 3. The highest BCUT2D eigenvalue weighted by molar-refractivity contribution is 5.62. The van der Waals surface area contributed by atoms with E-state index in [2.05, 4.69) is 25.7 Å². The van der Waals surface area contributed by atoms with E-state index in [1.165, 1.54) is 0 Å². The van der Waals surface area contributed by atoms with Crippen molar-refractivity contribution in [3.63, 3.8) is 0 Å². The van der Waals surface area contributed by atoms with Gasteiger partial charge in [-0.3, -0.25) is 0 Å². The highest BCUT2D eigenvalue weighted by Gasteiger charge is 2.38. The number of hydrogen-bond acceptors (Lipinski definition) is 7. The van der Waals surface area contributed by atoms with Crippen molar-refractivity contribution in [1.82, 2.24) is 19.7 Å². The third-order valence-electron chi connectivity index (χ3n) is 4.45. The molecule has 8 nitrogen and oxygen atoms in total. The van der Waals surface area contributed by atoms with Gasteiger partial charge in [0.05, 0.1) is 25.9 Å². The molecular weight excluding hydrogens is 353 g/mol. The number of alkyl halides is 3. The molecule has 0 aliphatic carbocycles. The summed E-state index contributed by atoms with van der Waals surface area (Å²) in [5.41, 5.74) is -0.264. The maximum atomic E-state index is 13.3. The summed E-state index contributed by atoms with van der Waals surface area (Å²) in [6, 6.07) is -0.350. The lowest BCUT2D eigenvalue weighted by atomic mass is 10.0. The van der Waals surface area contributed by atoms with Crippen LogP contribution in [0.2, 0.25) is 0 Å². The van der Waals surface area contributed by atoms with Gasteiger partial charge in [-0.1, -0.05) is 0 Å². The van der Waals surface area contributed by atoms with E-state index in [0.717, 1.165) is 6.20 Å². The first-order chi connectivity index (χ1) is 12.3. The smallest absolute Gasteiger partial charge is 0.421 e. The Kier molecular flexibility index (Phi) is 3.90. The Labute approximate surface area is 146 Å². The van der Waals surface area contributed by atoms with Gasteiger partial charge in [0.15, 0.2) is 11.6 Å². The van der Waals surface area contributed by atoms with Crippen LogP contribution in [-0.2, 0) is 18.0 Å². The van der Waals surface area contributed by atoms with E-state index < -0.39 is 11.7 Å². The molecule has 0 unspecified atom stereocenters. The van der Waals surface area contributed by atoms with Gasteiger partial charge in [-0.2, -0.15) is 23.3 Å². The molecule has 0 saturated carbocycles. The molecule has 2 aromatic rings. The molecule has 140 valence electrons. The SMILES string of the molecule is Cc1nn(C)c2c1OC[C@@H]1COC[C@H]1Nc1nc(ncc1C(F)(F)F)N2. The maximum absolute atomic E-state index is 13.3. The fraction of sp³-hybridized carbons (Fsp3) is 0.533. The normalized spacial score (nSPS) is 22.3. The van der Waals surface area contributed by atoms with Gasteiger partial charge in [0.1, 0.15) is 17.1 Å². The molecule has 0 spiro atoms. The molecule has 1 fully saturated rings. The largest absolute Gasteiger partial charge is 0.487 e. The fourth-order valence-electron chi connectivity index (χ4n) is 3.10. The molecule has 1 saturated heterocycles. The number of rotatable bonds is 0. The number of aromatic nitrogens is 4. The molecular formula is C15H17F3N6O2. The number of hydrogen-bond donors (Lipinski definition) is 2. The van der Waals surface area contributed by atoms with Crippen molar-refractivity contribution in [2.75, 3.05) is 30.5 Å². The third kappa shape index (κ3) is 2.91. The average Bonchev–Trinajstić information content (AvgIpc) is 3.09. The van der Waals surface area contributed by atoms with Gasteiger partial charge in [-0.25, -0.2) is 9.67 Å². The van der Waals surface area contributed by atoms with E-state index in [0.29, 0.717) is 23.9 Å². The molecule has 26 heavy (non-hydrogen) atoms. The fourth-order valence-corrected chi connectivity index (χ4v) is 3.10. The number of nitrogens with one attached hydrogen (secondary N) is 2. The zero-order chi connectivity index (χ0) is 18.5. The molecule has 2 atom stereocenters. The lowest BCUT2D eigenvalue weighted by Crippen LogP contribution is -2.33. The van der Waals surface area contributed by atoms with Gasteiger partial charge in [-0.05, 0) is 6.92 Å². The standard InChI is InChI=1S/C15H17F3N6O2/c1-7-11-13(24(2)23-7)22-14-19-3-9(15(16,17)18)12(21-14)20-10-6-25-4-8(10)5-26-11/h3,8,10H,4-6H2,1-2H3,(H2,19,20,21,22)/t8-,10+/m0/s1. The Bertz CT molecular complexity index is 838. The lowest BCUT2D eigenvalue weighted by molar-refractivity contribution is -0.137. The van der Waals surface area contributed by atoms with Crippen molar-refractivity contribution in [2.24, 2.45) is 13.0 Å². The second-order valence-corrected chi connectivity index (χ2v) is 6.32. The predicted molar refractivity (Wildman–Crippen MR) is 85.5 cm³/mol. The Balaban J connectivity index is 1.82. The van der Waals surface area contributed by atoms with Crippen LogP contribution in [0.15, 0.2) is 6.20 Å². The van der Waals surface area contributed by atoms with Crippen LogP contribution in [-0.4, -0.2) is 45.6 Å². The first-order valence-electron chi connectivity index (χ1n) is 8.05. The van der Waals surface area contributed by atoms with Gasteiger partial charge >= 0.3 is 6.18 Å². The molecule has 4 heterocycles. The van der Waals surface area contributed by atoms with Crippen LogP contribution >= 0.6 is 0 Å². The quantitative estimate of drug-likeness (QED) is 0.734. The highest BCUT2D eigenvalue weighted by Crippen LogP contribution is 2.37. The predicted octanol–water partition coefficient (Wildman–Crippen LogP) is 2.10. The van der Waals surface area contributed by atoms with Gasteiger partial charge < -0.3 is 20.1 Å². The molecule has 2 bridgehead atoms. The van der Waals surface area contributed by atoms with Crippen LogP contribution in [0.4, 0.5) is 30.8 Å². The lowest BCUT2D eigenvalue weighted by Gasteiger charge is -2.21. The van der Waals surface area contributed by atoms with Crippen molar-refractivity contribution in [3.8, 4) is 5.75 Å². The second-order valence-electron chi connectivity index (χ2n) is 6.32. The van der Waals surface area contributed by atoms with Gasteiger partial charge in [-0.15, -0.1) is 0 Å². The topological polar surface area (TPSA) is 86.1 Å². The number of ether oxygens (including phenoxy) is 2. The van der Waals surface area contributed by atoms with Gasteiger partial charge in [0, 0.05) is 19.2 Å². The molecule has 2 aliphatic rings. The Hall–Kier alpha value is -2.56. The van der Waals surface area contributed by atoms with E-state index in [9.17, 15) is 13.2 Å². The summed E-state index contributed by atoms with van der Waals surface area (Å²) >= 11 is 0. The number of fused-ring (bicyclic) bond motifs is 4. The molecule has 11 heteroatoms. The van der Waals surface area contributed by atoms with Crippen molar-refractivity contribution in [3.05, 3.63) is 17.5 Å². The van der Waals surface area contributed by atoms with E-state index >= 15 is 0 Å². The molecule has 2 aromatic heterocycles. The number of nitrogens with zero attached hydrogens (tertiary/aromatic N) is 4.